The van der Waals surface area contributed by atoms with E-state index in [2.05, 4.69) is 17.6 Å². The normalized spacial score (nSPS) is 18.8. The Kier molecular flexibility index (Phi) is 6.86. The summed E-state index contributed by atoms with van der Waals surface area (Å²) in [7, 11) is 0. The molecule has 8 heteroatoms. The summed E-state index contributed by atoms with van der Waals surface area (Å²) in [6.45, 7) is 2.62. The zero-order chi connectivity index (χ0) is 24.2. The highest BCUT2D eigenvalue weighted by Crippen LogP contribution is 2.34. The van der Waals surface area contributed by atoms with Crippen LogP contribution in [0.1, 0.15) is 54.6 Å². The first-order chi connectivity index (χ1) is 16.4. The predicted molar refractivity (Wildman–Crippen MR) is 127 cm³/mol. The molecule has 1 saturated heterocycles. The summed E-state index contributed by atoms with van der Waals surface area (Å²) in [6.07, 6.45) is 2.23. The number of amides is 1. The molecule has 178 valence electrons. The molecule has 34 heavy (non-hydrogen) atoms. The number of phenols is 1. The molecule has 1 aliphatic heterocycles. The molecule has 0 bridgehead atoms. The summed E-state index contributed by atoms with van der Waals surface area (Å²) < 4.78 is 0. The van der Waals surface area contributed by atoms with Crippen LogP contribution < -0.4 is 10.6 Å². The number of carboxylic acid groups (broad SMARTS) is 1. The van der Waals surface area contributed by atoms with Crippen molar-refractivity contribution in [2.24, 2.45) is 5.92 Å². The first kappa shape index (κ1) is 23.4. The minimum Gasteiger partial charge on any atom is -0.505 e. The molecule has 2 aromatic carbocycles. The Morgan fingerprint density at radius 1 is 1.15 bits per heavy atom. The number of phenolic OH excluding ortho intramolecular Hbond substituents is 1. The number of hydrogen-bond donors (Lipinski definition) is 4. The Labute approximate surface area is 198 Å². The van der Waals surface area contributed by atoms with Crippen LogP contribution in [0.15, 0.2) is 59.9 Å². The quantitative estimate of drug-likeness (QED) is 0.441. The van der Waals surface area contributed by atoms with Gasteiger partial charge in [0.2, 0.25) is 0 Å². The molecule has 4 rings (SSSR count). The molecule has 2 aliphatic rings. The molecule has 1 heterocycles. The number of carbonyl (C=O) groups is 3. The van der Waals surface area contributed by atoms with Crippen molar-refractivity contribution in [3.05, 3.63) is 71.1 Å². The molecule has 0 saturated carbocycles. The van der Waals surface area contributed by atoms with E-state index in [0.717, 1.165) is 17.7 Å². The standard InChI is InChI=1S/C26H29N3O5/c1-2-19(16-8-4-3-5-9-16)27-21-14-22(30)23(21)28-20-12-6-11-18(24(20)31)25(32)29-13-7-10-17(15-29)26(33)34/h3-6,8-9,11-12,17,19,27-28,31H,2,7,10,13-15H2,1H3,(H,33,34)/t17?,19-/m1/s1. The lowest BCUT2D eigenvalue weighted by atomic mass is 9.95. The van der Waals surface area contributed by atoms with Gasteiger partial charge in [-0.05, 0) is 37.0 Å². The van der Waals surface area contributed by atoms with Crippen LogP contribution in [-0.2, 0) is 9.59 Å². The fourth-order valence-electron chi connectivity index (χ4n) is 4.47. The van der Waals surface area contributed by atoms with E-state index in [1.165, 1.54) is 11.0 Å². The number of carbonyl (C=O) groups excluding carboxylic acids is 2. The second-order valence-electron chi connectivity index (χ2n) is 8.72. The van der Waals surface area contributed by atoms with Gasteiger partial charge in [-0.25, -0.2) is 0 Å². The molecule has 1 aliphatic carbocycles. The average Bonchev–Trinajstić information content (AvgIpc) is 2.86. The molecular formula is C26H29N3O5. The van der Waals surface area contributed by atoms with Gasteiger partial charge >= 0.3 is 5.97 Å². The number of ketones is 1. The summed E-state index contributed by atoms with van der Waals surface area (Å²) in [5.41, 5.74) is 2.59. The van der Waals surface area contributed by atoms with Crippen LogP contribution >= 0.6 is 0 Å². The van der Waals surface area contributed by atoms with Gasteiger partial charge in [-0.2, -0.15) is 0 Å². The van der Waals surface area contributed by atoms with Crippen LogP contribution in [0.5, 0.6) is 5.75 Å². The lowest BCUT2D eigenvalue weighted by molar-refractivity contribution is -0.143. The number of nitrogens with zero attached hydrogens (tertiary/aromatic N) is 1. The predicted octanol–water partition coefficient (Wildman–Crippen LogP) is 3.67. The third-order valence-electron chi connectivity index (χ3n) is 6.46. The van der Waals surface area contributed by atoms with Crippen molar-refractivity contribution in [2.75, 3.05) is 18.4 Å². The molecule has 4 N–H and O–H groups in total. The topological polar surface area (TPSA) is 119 Å². The van der Waals surface area contributed by atoms with Crippen LogP contribution in [0.25, 0.3) is 0 Å². The highest BCUT2D eigenvalue weighted by molar-refractivity contribution is 6.07. The minimum atomic E-state index is -0.923. The number of nitrogens with one attached hydrogen (secondary N) is 2. The van der Waals surface area contributed by atoms with Crippen LogP contribution in [0, 0.1) is 5.92 Å². The lowest BCUT2D eigenvalue weighted by Gasteiger charge is -2.31. The second-order valence-corrected chi connectivity index (χ2v) is 8.72. The number of hydrogen-bond acceptors (Lipinski definition) is 6. The maximum absolute atomic E-state index is 13.0. The van der Waals surface area contributed by atoms with Gasteiger partial charge in [0.15, 0.2) is 11.5 Å². The molecule has 2 atom stereocenters. The highest BCUT2D eigenvalue weighted by atomic mass is 16.4. The summed E-state index contributed by atoms with van der Waals surface area (Å²) in [4.78, 5) is 38.2. The first-order valence-electron chi connectivity index (χ1n) is 11.6. The van der Waals surface area contributed by atoms with Crippen LogP contribution in [0.4, 0.5) is 5.69 Å². The Morgan fingerprint density at radius 2 is 1.91 bits per heavy atom. The van der Waals surface area contributed by atoms with Crippen molar-refractivity contribution in [3.63, 3.8) is 0 Å². The number of likely N-dealkylation sites (tertiary alicyclic amines) is 1. The fourth-order valence-corrected chi connectivity index (χ4v) is 4.47. The summed E-state index contributed by atoms with van der Waals surface area (Å²) in [5, 5.41) is 26.6. The molecule has 0 spiro atoms. The van der Waals surface area contributed by atoms with Crippen molar-refractivity contribution in [1.82, 2.24) is 10.2 Å². The summed E-state index contributed by atoms with van der Waals surface area (Å²) >= 11 is 0. The number of aromatic hydroxyl groups is 1. The van der Waals surface area contributed by atoms with Crippen molar-refractivity contribution in [3.8, 4) is 5.75 Å². The Morgan fingerprint density at radius 3 is 2.59 bits per heavy atom. The first-order valence-corrected chi connectivity index (χ1v) is 11.6. The van der Waals surface area contributed by atoms with Gasteiger partial charge in [0.25, 0.3) is 5.91 Å². The smallest absolute Gasteiger partial charge is 0.308 e. The van der Waals surface area contributed by atoms with Gasteiger partial charge in [-0.1, -0.05) is 43.3 Å². The Bertz CT molecular complexity index is 1130. The molecule has 1 amide bonds. The number of allylic oxidation sites excluding steroid dienone is 2. The van der Waals surface area contributed by atoms with Gasteiger partial charge in [0.1, 0.15) is 5.70 Å². The lowest BCUT2D eigenvalue weighted by Crippen LogP contribution is -2.42. The van der Waals surface area contributed by atoms with E-state index in [-0.39, 0.29) is 41.8 Å². The third kappa shape index (κ3) is 4.76. The van der Waals surface area contributed by atoms with Gasteiger partial charge in [-0.3, -0.25) is 14.4 Å². The third-order valence-corrected chi connectivity index (χ3v) is 6.46. The van der Waals surface area contributed by atoms with Gasteiger partial charge in [-0.15, -0.1) is 0 Å². The number of carboxylic acids is 1. The van der Waals surface area contributed by atoms with Crippen LogP contribution in [0.3, 0.4) is 0 Å². The van der Waals surface area contributed by atoms with Gasteiger partial charge in [0, 0.05) is 18.8 Å². The molecule has 1 fully saturated rings. The van der Waals surface area contributed by atoms with E-state index in [0.29, 0.717) is 25.1 Å². The van der Waals surface area contributed by atoms with Gasteiger partial charge in [0.05, 0.1) is 29.6 Å². The molecular weight excluding hydrogens is 434 g/mol. The van der Waals surface area contributed by atoms with Crippen molar-refractivity contribution >= 4 is 23.3 Å². The van der Waals surface area contributed by atoms with Crippen LogP contribution in [0.2, 0.25) is 0 Å². The summed E-state index contributed by atoms with van der Waals surface area (Å²) in [6, 6.07) is 14.8. The molecule has 0 aromatic heterocycles. The van der Waals surface area contributed by atoms with E-state index in [1.807, 2.05) is 30.3 Å². The van der Waals surface area contributed by atoms with Crippen molar-refractivity contribution in [1.29, 1.82) is 0 Å². The van der Waals surface area contributed by atoms with E-state index < -0.39 is 17.8 Å². The zero-order valence-electron chi connectivity index (χ0n) is 19.1. The molecule has 2 aromatic rings. The average molecular weight is 464 g/mol. The number of rotatable bonds is 8. The molecule has 1 unspecified atom stereocenters. The maximum atomic E-state index is 13.0. The monoisotopic (exact) mass is 463 g/mol. The molecule has 0 radical (unpaired) electrons. The number of Topliss-reactive ketones (excluding diaryl/α,β-unsaturated/α-hetero) is 1. The largest absolute Gasteiger partial charge is 0.505 e. The number of anilines is 1. The van der Waals surface area contributed by atoms with E-state index >= 15 is 0 Å². The molecule has 8 nitrogen and oxygen atoms in total. The highest BCUT2D eigenvalue weighted by Gasteiger charge is 2.32. The number of piperidine rings is 1. The van der Waals surface area contributed by atoms with Crippen molar-refractivity contribution in [2.45, 2.75) is 38.6 Å². The van der Waals surface area contributed by atoms with Crippen LogP contribution in [-0.4, -0.2) is 45.9 Å². The van der Waals surface area contributed by atoms with E-state index in [4.69, 9.17) is 0 Å². The number of para-hydroxylation sites is 1. The SMILES string of the molecule is CC[C@@H](NC1=C(Nc2cccc(C(=O)N3CCCC(C(=O)O)C3)c2O)C(=O)C1)c1ccccc1. The summed E-state index contributed by atoms with van der Waals surface area (Å²) in [5.74, 6) is -2.29. The van der Waals surface area contributed by atoms with E-state index in [1.54, 1.807) is 12.1 Å². The number of aliphatic carboxylic acids is 1. The Hall–Kier alpha value is -3.81. The Balaban J connectivity index is 1.52. The minimum absolute atomic E-state index is 0.0453. The zero-order valence-corrected chi connectivity index (χ0v) is 19.1. The number of benzene rings is 2. The maximum Gasteiger partial charge on any atom is 0.308 e. The van der Waals surface area contributed by atoms with Gasteiger partial charge < -0.3 is 25.7 Å². The van der Waals surface area contributed by atoms with Crippen molar-refractivity contribution < 1.29 is 24.6 Å². The van der Waals surface area contributed by atoms with E-state index in [9.17, 15) is 24.6 Å². The fraction of sp³-hybridized carbons (Fsp3) is 0.346. The second kappa shape index (κ2) is 9.99.